The fourth-order valence-corrected chi connectivity index (χ4v) is 2.11. The second kappa shape index (κ2) is 5.40. The molecule has 19 heavy (non-hydrogen) atoms. The van der Waals surface area contributed by atoms with Crippen LogP contribution >= 0.6 is 0 Å². The van der Waals surface area contributed by atoms with Crippen molar-refractivity contribution in [3.05, 3.63) is 85.3 Å². The lowest BCUT2D eigenvalue weighted by molar-refractivity contribution is 0.567. The van der Waals surface area contributed by atoms with Crippen molar-refractivity contribution in [3.63, 3.8) is 0 Å². The van der Waals surface area contributed by atoms with Gasteiger partial charge in [-0.25, -0.2) is 0 Å². The average molecular weight is 246 g/mol. The molecule has 1 heterocycles. The van der Waals surface area contributed by atoms with E-state index in [-0.39, 0.29) is 0 Å². The number of fused-ring (bicyclic) bond motifs is 2. The molecule has 0 bridgehead atoms. The topological polar surface area (TPSA) is 13.1 Å². The highest BCUT2D eigenvalue weighted by atomic mass is 16.3. The molecule has 3 aromatic carbocycles. The molecular formula is C18H14O. The number of benzene rings is 3. The third-order valence-corrected chi connectivity index (χ3v) is 3.04. The van der Waals surface area contributed by atoms with E-state index in [1.54, 1.807) is 12.5 Å². The van der Waals surface area contributed by atoms with Crippen LogP contribution in [0.15, 0.2) is 89.7 Å². The van der Waals surface area contributed by atoms with E-state index in [1.807, 2.05) is 12.1 Å². The molecule has 4 rings (SSSR count). The summed E-state index contributed by atoms with van der Waals surface area (Å²) in [6, 6.07) is 25.1. The fourth-order valence-electron chi connectivity index (χ4n) is 2.11. The first-order valence-corrected chi connectivity index (χ1v) is 6.28. The Morgan fingerprint density at radius 1 is 0.474 bits per heavy atom. The molecule has 0 N–H and O–H groups in total. The highest BCUT2D eigenvalue weighted by Gasteiger charge is 1.95. The van der Waals surface area contributed by atoms with Crippen molar-refractivity contribution < 1.29 is 4.42 Å². The minimum absolute atomic E-state index is 1.31. The Bertz CT molecular complexity index is 648. The quantitative estimate of drug-likeness (QED) is 0.385. The Balaban J connectivity index is 0.000000187. The van der Waals surface area contributed by atoms with Crippen LogP contribution in [0.3, 0.4) is 0 Å². The molecule has 1 nitrogen and oxygen atoms in total. The molecular weight excluding hydrogens is 232 g/mol. The van der Waals surface area contributed by atoms with Crippen LogP contribution < -0.4 is 0 Å². The molecule has 0 spiro atoms. The van der Waals surface area contributed by atoms with Gasteiger partial charge in [0.2, 0.25) is 0 Å². The zero-order valence-corrected chi connectivity index (χ0v) is 10.5. The first-order valence-electron chi connectivity index (χ1n) is 6.28. The zero-order valence-electron chi connectivity index (χ0n) is 10.5. The summed E-state index contributed by atoms with van der Waals surface area (Å²) in [6.45, 7) is 0. The van der Waals surface area contributed by atoms with Crippen LogP contribution in [0.1, 0.15) is 0 Å². The minimum Gasteiger partial charge on any atom is -0.473 e. The second-order valence-corrected chi connectivity index (χ2v) is 4.34. The van der Waals surface area contributed by atoms with Crippen LogP contribution in [0.4, 0.5) is 0 Å². The molecule has 1 heteroatoms. The first-order chi connectivity index (χ1) is 9.43. The van der Waals surface area contributed by atoms with E-state index >= 15 is 0 Å². The van der Waals surface area contributed by atoms with Gasteiger partial charge in [-0.1, -0.05) is 48.5 Å². The van der Waals surface area contributed by atoms with Crippen LogP contribution in [0.2, 0.25) is 0 Å². The van der Waals surface area contributed by atoms with Crippen molar-refractivity contribution in [2.45, 2.75) is 0 Å². The number of furan rings is 1. The largest absolute Gasteiger partial charge is 0.473 e. The summed E-state index contributed by atoms with van der Waals surface area (Å²) >= 11 is 0. The van der Waals surface area contributed by atoms with Crippen LogP contribution in [0.25, 0.3) is 21.5 Å². The SMILES string of the molecule is c1ccc2cc3ccccc3cc2c1.c1ccoc1. The molecule has 0 aliphatic carbocycles. The number of hydrogen-bond acceptors (Lipinski definition) is 1. The van der Waals surface area contributed by atoms with E-state index in [4.69, 9.17) is 0 Å². The van der Waals surface area contributed by atoms with Crippen LogP contribution in [0, 0.1) is 0 Å². The molecule has 0 saturated carbocycles. The molecule has 0 unspecified atom stereocenters. The van der Waals surface area contributed by atoms with Gasteiger partial charge in [0.05, 0.1) is 12.5 Å². The van der Waals surface area contributed by atoms with Gasteiger partial charge < -0.3 is 4.42 Å². The number of hydrogen-bond donors (Lipinski definition) is 0. The monoisotopic (exact) mass is 246 g/mol. The van der Waals surface area contributed by atoms with Gasteiger partial charge in [0.15, 0.2) is 0 Å². The molecule has 4 aromatic rings. The van der Waals surface area contributed by atoms with Gasteiger partial charge in [0, 0.05) is 0 Å². The van der Waals surface area contributed by atoms with E-state index in [1.165, 1.54) is 21.5 Å². The van der Waals surface area contributed by atoms with Gasteiger partial charge in [0.25, 0.3) is 0 Å². The van der Waals surface area contributed by atoms with Crippen LogP contribution in [0.5, 0.6) is 0 Å². The highest BCUT2D eigenvalue weighted by Crippen LogP contribution is 2.21. The predicted molar refractivity (Wildman–Crippen MR) is 80.2 cm³/mol. The summed E-state index contributed by atoms with van der Waals surface area (Å²) in [7, 11) is 0. The second-order valence-electron chi connectivity index (χ2n) is 4.34. The molecule has 1 aromatic heterocycles. The fraction of sp³-hybridized carbons (Fsp3) is 0. The summed E-state index contributed by atoms with van der Waals surface area (Å²) in [4.78, 5) is 0. The lowest BCUT2D eigenvalue weighted by Gasteiger charge is -2.00. The minimum atomic E-state index is 1.31. The molecule has 0 aliphatic rings. The van der Waals surface area contributed by atoms with E-state index < -0.39 is 0 Å². The standard InChI is InChI=1S/C14H10.C4H4O/c1-2-6-12-10-14-8-4-3-7-13(14)9-11(12)5-1;1-2-4-5-3-1/h1-10H;1-4H. The molecule has 92 valence electrons. The molecule has 0 atom stereocenters. The molecule has 0 fully saturated rings. The van der Waals surface area contributed by atoms with Gasteiger partial charge in [-0.2, -0.15) is 0 Å². The van der Waals surface area contributed by atoms with E-state index in [0.29, 0.717) is 0 Å². The highest BCUT2D eigenvalue weighted by molar-refractivity contribution is 5.98. The molecule has 0 amide bonds. The van der Waals surface area contributed by atoms with Crippen molar-refractivity contribution in [1.82, 2.24) is 0 Å². The summed E-state index contributed by atoms with van der Waals surface area (Å²) in [5, 5.41) is 5.25. The Hall–Kier alpha value is -2.54. The summed E-state index contributed by atoms with van der Waals surface area (Å²) < 4.78 is 4.58. The van der Waals surface area contributed by atoms with Crippen molar-refractivity contribution >= 4 is 21.5 Å². The van der Waals surface area contributed by atoms with Crippen LogP contribution in [-0.4, -0.2) is 0 Å². The van der Waals surface area contributed by atoms with Crippen LogP contribution in [-0.2, 0) is 0 Å². The van der Waals surface area contributed by atoms with Gasteiger partial charge in [-0.05, 0) is 45.8 Å². The maximum atomic E-state index is 4.58. The van der Waals surface area contributed by atoms with Crippen molar-refractivity contribution in [3.8, 4) is 0 Å². The normalized spacial score (nSPS) is 10.1. The molecule has 0 radical (unpaired) electrons. The summed E-state index contributed by atoms with van der Waals surface area (Å²) in [6.07, 6.45) is 3.25. The molecule has 0 saturated heterocycles. The van der Waals surface area contributed by atoms with Gasteiger partial charge in [-0.3, -0.25) is 0 Å². The lowest BCUT2D eigenvalue weighted by atomic mass is 10.0. The van der Waals surface area contributed by atoms with Gasteiger partial charge >= 0.3 is 0 Å². The Morgan fingerprint density at radius 2 is 0.842 bits per heavy atom. The van der Waals surface area contributed by atoms with E-state index in [0.717, 1.165) is 0 Å². The smallest absolute Gasteiger partial charge is 0.0902 e. The van der Waals surface area contributed by atoms with Gasteiger partial charge in [0.1, 0.15) is 0 Å². The maximum Gasteiger partial charge on any atom is 0.0902 e. The van der Waals surface area contributed by atoms with E-state index in [9.17, 15) is 0 Å². The molecule has 0 aliphatic heterocycles. The summed E-state index contributed by atoms with van der Waals surface area (Å²) in [5.41, 5.74) is 0. The Morgan fingerprint density at radius 3 is 1.11 bits per heavy atom. The van der Waals surface area contributed by atoms with Crippen molar-refractivity contribution in [1.29, 1.82) is 0 Å². The van der Waals surface area contributed by atoms with Gasteiger partial charge in [-0.15, -0.1) is 0 Å². The van der Waals surface area contributed by atoms with E-state index in [2.05, 4.69) is 65.1 Å². The number of rotatable bonds is 0. The third-order valence-electron chi connectivity index (χ3n) is 3.04. The predicted octanol–water partition coefficient (Wildman–Crippen LogP) is 5.27. The Labute approximate surface area is 112 Å². The van der Waals surface area contributed by atoms with Crippen molar-refractivity contribution in [2.75, 3.05) is 0 Å². The zero-order chi connectivity index (χ0) is 12.9. The van der Waals surface area contributed by atoms with Crippen molar-refractivity contribution in [2.24, 2.45) is 0 Å². The Kier molecular flexibility index (Phi) is 3.28. The maximum absolute atomic E-state index is 4.58. The summed E-state index contributed by atoms with van der Waals surface area (Å²) in [5.74, 6) is 0. The third kappa shape index (κ3) is 2.66. The lowest BCUT2D eigenvalue weighted by Crippen LogP contribution is -1.74. The first kappa shape index (κ1) is 11.5. The average Bonchev–Trinajstić information content (AvgIpc) is 3.04.